The van der Waals surface area contributed by atoms with Crippen LogP contribution in [0.3, 0.4) is 0 Å². The van der Waals surface area contributed by atoms with Crippen LogP contribution in [0.15, 0.2) is 0 Å². The smallest absolute Gasteiger partial charge is 0.338 e. The average Bonchev–Trinajstić information content (AvgIpc) is 3.21. The number of aliphatic hydroxyl groups is 1. The molecule has 4 aliphatic heterocycles. The van der Waals surface area contributed by atoms with Crippen molar-refractivity contribution in [3.8, 4) is 0 Å². The van der Waals surface area contributed by atoms with E-state index in [1.165, 1.54) is 0 Å². The van der Waals surface area contributed by atoms with Gasteiger partial charge in [-0.3, -0.25) is 0 Å². The molecule has 0 spiro atoms. The van der Waals surface area contributed by atoms with Crippen molar-refractivity contribution in [2.75, 3.05) is 6.61 Å². The molecule has 4 aliphatic rings. The summed E-state index contributed by atoms with van der Waals surface area (Å²) in [5.41, 5.74) is 0. The molecule has 4 heterocycles. The van der Waals surface area contributed by atoms with Crippen molar-refractivity contribution in [1.82, 2.24) is 0 Å². The molecule has 9 nitrogen and oxygen atoms in total. The van der Waals surface area contributed by atoms with E-state index in [1.807, 2.05) is 20.8 Å². The highest BCUT2D eigenvalue weighted by Gasteiger charge is 2.56. The second kappa shape index (κ2) is 6.72. The number of esters is 2. The topological polar surface area (TPSA) is 110 Å². The van der Waals surface area contributed by atoms with Crippen LogP contribution in [-0.2, 0) is 38.0 Å². The predicted octanol–water partition coefficient (Wildman–Crippen LogP) is 0.266. The van der Waals surface area contributed by atoms with Crippen molar-refractivity contribution < 1.29 is 43.1 Å². The summed E-state index contributed by atoms with van der Waals surface area (Å²) in [5, 5.41) is 8.89. The van der Waals surface area contributed by atoms with E-state index in [1.54, 1.807) is 13.8 Å². The van der Waals surface area contributed by atoms with E-state index in [2.05, 4.69) is 0 Å². The van der Waals surface area contributed by atoms with E-state index in [4.69, 9.17) is 33.5 Å². The number of cyclic esters (lactones) is 2. The molecule has 0 radical (unpaired) electrons. The van der Waals surface area contributed by atoms with Crippen LogP contribution in [0.5, 0.6) is 0 Å². The second-order valence-corrected chi connectivity index (χ2v) is 7.58. The van der Waals surface area contributed by atoms with Crippen LogP contribution in [-0.4, -0.2) is 71.9 Å². The third-order valence-corrected chi connectivity index (χ3v) is 4.57. The fourth-order valence-electron chi connectivity index (χ4n) is 3.51. The Morgan fingerprint density at radius 2 is 1.23 bits per heavy atom. The molecule has 4 fully saturated rings. The first-order valence-corrected chi connectivity index (χ1v) is 8.80. The van der Waals surface area contributed by atoms with Gasteiger partial charge in [0.2, 0.25) is 0 Å². The Bertz CT molecular complexity index is 523. The number of carbonyl (C=O) groups is 2. The quantitative estimate of drug-likeness (QED) is 0.681. The molecule has 4 saturated heterocycles. The second-order valence-electron chi connectivity index (χ2n) is 7.58. The molecule has 0 aromatic rings. The Labute approximate surface area is 151 Å². The van der Waals surface area contributed by atoms with Crippen LogP contribution in [0.25, 0.3) is 0 Å². The Morgan fingerprint density at radius 1 is 0.808 bits per heavy atom. The number of aliphatic hydroxyl groups excluding tert-OH is 1. The first kappa shape index (κ1) is 19.5. The van der Waals surface area contributed by atoms with Gasteiger partial charge in [-0.15, -0.1) is 0 Å². The summed E-state index contributed by atoms with van der Waals surface area (Å²) < 4.78 is 31.6. The molecule has 4 rings (SSSR count). The van der Waals surface area contributed by atoms with Gasteiger partial charge in [-0.25, -0.2) is 9.59 Å². The molecule has 0 aromatic heterocycles. The Kier molecular flexibility index (Phi) is 5.04. The van der Waals surface area contributed by atoms with Gasteiger partial charge in [0.05, 0.1) is 6.61 Å². The van der Waals surface area contributed by atoms with E-state index in [0.29, 0.717) is 0 Å². The van der Waals surface area contributed by atoms with Gasteiger partial charge in [0, 0.05) is 0 Å². The zero-order chi connectivity index (χ0) is 19.3. The molecule has 26 heavy (non-hydrogen) atoms. The van der Waals surface area contributed by atoms with Crippen molar-refractivity contribution in [3.63, 3.8) is 0 Å². The van der Waals surface area contributed by atoms with Crippen molar-refractivity contribution in [3.05, 3.63) is 0 Å². The highest BCUT2D eigenvalue weighted by molar-refractivity contribution is 5.79. The first-order chi connectivity index (χ1) is 12.1. The lowest BCUT2D eigenvalue weighted by atomic mass is 10.1. The summed E-state index contributed by atoms with van der Waals surface area (Å²) in [5.74, 6) is -2.15. The van der Waals surface area contributed by atoms with Gasteiger partial charge in [-0.05, 0) is 34.1 Å². The molecule has 2 unspecified atom stereocenters. The van der Waals surface area contributed by atoms with Crippen molar-refractivity contribution in [2.24, 2.45) is 0 Å². The van der Waals surface area contributed by atoms with Crippen molar-refractivity contribution >= 4 is 11.9 Å². The number of hydrogen-bond acceptors (Lipinski definition) is 9. The summed E-state index contributed by atoms with van der Waals surface area (Å²) in [6.07, 6.45) is -1.82. The standard InChI is InChI=1S/C9H14O4.C8H12O5/c1-4-5-6-7(8(10)11-5)13-9(2,3)12-6;1-8(2)12-5-4(3-9)11-7(10)6(5)13-8/h5-7H,4H2,1-3H3;4-6,9H,3H2,1-2H3/t5-,6+,7?;4-,5+,6?/m11/s1. The van der Waals surface area contributed by atoms with Gasteiger partial charge in [0.15, 0.2) is 29.9 Å². The lowest BCUT2D eigenvalue weighted by molar-refractivity contribution is -0.188. The molecule has 1 N–H and O–H groups in total. The predicted molar refractivity (Wildman–Crippen MR) is 84.8 cm³/mol. The zero-order valence-corrected chi connectivity index (χ0v) is 15.6. The number of hydrogen-bond donors (Lipinski definition) is 1. The summed E-state index contributed by atoms with van der Waals surface area (Å²) in [6.45, 7) is 8.82. The van der Waals surface area contributed by atoms with E-state index in [0.717, 1.165) is 6.42 Å². The number of rotatable bonds is 2. The van der Waals surface area contributed by atoms with E-state index in [9.17, 15) is 9.59 Å². The molecule has 0 saturated carbocycles. The monoisotopic (exact) mass is 374 g/mol. The van der Waals surface area contributed by atoms with Crippen LogP contribution < -0.4 is 0 Å². The number of fused-ring (bicyclic) bond motifs is 2. The highest BCUT2D eigenvalue weighted by Crippen LogP contribution is 2.37. The lowest BCUT2D eigenvalue weighted by Gasteiger charge is -2.20. The van der Waals surface area contributed by atoms with Crippen molar-refractivity contribution in [2.45, 2.75) is 89.2 Å². The maximum absolute atomic E-state index is 11.3. The highest BCUT2D eigenvalue weighted by atomic mass is 16.8. The Morgan fingerprint density at radius 3 is 1.65 bits per heavy atom. The fourth-order valence-corrected chi connectivity index (χ4v) is 3.51. The third kappa shape index (κ3) is 3.59. The number of carbonyl (C=O) groups excluding carboxylic acids is 2. The van der Waals surface area contributed by atoms with Gasteiger partial charge < -0.3 is 33.5 Å². The summed E-state index contributed by atoms with van der Waals surface area (Å²) in [4.78, 5) is 22.5. The molecule has 9 heteroatoms. The van der Waals surface area contributed by atoms with E-state index in [-0.39, 0.29) is 24.8 Å². The van der Waals surface area contributed by atoms with Gasteiger partial charge in [-0.2, -0.15) is 0 Å². The summed E-state index contributed by atoms with van der Waals surface area (Å²) >= 11 is 0. The minimum absolute atomic E-state index is 0.140. The largest absolute Gasteiger partial charge is 0.457 e. The van der Waals surface area contributed by atoms with Crippen LogP contribution in [0.2, 0.25) is 0 Å². The van der Waals surface area contributed by atoms with Gasteiger partial charge >= 0.3 is 11.9 Å². The van der Waals surface area contributed by atoms with Crippen LogP contribution in [0.1, 0.15) is 41.0 Å². The molecule has 0 aliphatic carbocycles. The Hall–Kier alpha value is -1.26. The van der Waals surface area contributed by atoms with E-state index < -0.39 is 42.0 Å². The maximum atomic E-state index is 11.3. The zero-order valence-electron chi connectivity index (χ0n) is 15.6. The molecule has 0 amide bonds. The molecule has 0 aromatic carbocycles. The molecular formula is C17H26O9. The molecule has 148 valence electrons. The molecular weight excluding hydrogens is 348 g/mol. The van der Waals surface area contributed by atoms with Gasteiger partial charge in [-0.1, -0.05) is 6.92 Å². The van der Waals surface area contributed by atoms with Gasteiger partial charge in [0.25, 0.3) is 0 Å². The average molecular weight is 374 g/mol. The van der Waals surface area contributed by atoms with Crippen LogP contribution in [0, 0.1) is 0 Å². The molecule has 0 bridgehead atoms. The third-order valence-electron chi connectivity index (χ3n) is 4.57. The fraction of sp³-hybridized carbons (Fsp3) is 0.882. The van der Waals surface area contributed by atoms with Crippen molar-refractivity contribution in [1.29, 1.82) is 0 Å². The van der Waals surface area contributed by atoms with Crippen LogP contribution in [0.4, 0.5) is 0 Å². The van der Waals surface area contributed by atoms with Gasteiger partial charge in [0.1, 0.15) is 18.3 Å². The minimum Gasteiger partial charge on any atom is -0.457 e. The maximum Gasteiger partial charge on any atom is 0.338 e. The SMILES string of the molecule is CC1(C)OC2C(=O)O[C@H](CO)[C@@H]2O1.CC[C@H]1OC(=O)C2OC(C)(C)O[C@H]21. The molecule has 6 atom stereocenters. The Balaban J connectivity index is 0.000000151. The van der Waals surface area contributed by atoms with E-state index >= 15 is 0 Å². The first-order valence-electron chi connectivity index (χ1n) is 8.80. The summed E-state index contributed by atoms with van der Waals surface area (Å²) in [7, 11) is 0. The minimum atomic E-state index is -0.762. The lowest BCUT2D eigenvalue weighted by Crippen LogP contribution is -2.31. The number of ether oxygens (including phenoxy) is 6. The normalized spacial score (nSPS) is 41.8. The summed E-state index contributed by atoms with van der Waals surface area (Å²) in [6, 6.07) is 0. The van der Waals surface area contributed by atoms with Crippen LogP contribution >= 0.6 is 0 Å².